The molecular formula is C18H20N8O2S. The van der Waals surface area contributed by atoms with Gasteiger partial charge in [-0.2, -0.15) is 10.4 Å². The number of benzene rings is 1. The number of aromatic nitrogens is 3. The highest BCUT2D eigenvalue weighted by atomic mass is 32.1. The molecule has 0 saturated carbocycles. The largest absolute Gasteiger partial charge is 0.378 e. The Labute approximate surface area is 171 Å². The van der Waals surface area contributed by atoms with Gasteiger partial charge in [0.1, 0.15) is 17.4 Å². The number of nitrogens with zero attached hydrogens (tertiary/aromatic N) is 4. The first-order chi connectivity index (χ1) is 14.2. The van der Waals surface area contributed by atoms with E-state index >= 15 is 0 Å². The summed E-state index contributed by atoms with van der Waals surface area (Å²) in [6.45, 7) is 2.84. The molecule has 4 rings (SSSR count). The molecule has 3 aromatic rings. The number of carbonyl (C=O) groups excluding carboxylic acids is 1. The van der Waals surface area contributed by atoms with Gasteiger partial charge in [-0.3, -0.25) is 15.7 Å². The van der Waals surface area contributed by atoms with Crippen molar-refractivity contribution in [2.75, 3.05) is 36.6 Å². The van der Waals surface area contributed by atoms with Gasteiger partial charge in [0.15, 0.2) is 5.82 Å². The molecule has 0 atom stereocenters. The third kappa shape index (κ3) is 4.35. The molecule has 0 spiro atoms. The lowest BCUT2D eigenvalue weighted by Gasteiger charge is -2.27. The summed E-state index contributed by atoms with van der Waals surface area (Å²) in [4.78, 5) is 16.0. The number of thiophene rings is 1. The number of anilines is 2. The molecule has 0 bridgehead atoms. The van der Waals surface area contributed by atoms with Crippen molar-refractivity contribution >= 4 is 28.4 Å². The molecule has 10 nitrogen and oxygen atoms in total. The summed E-state index contributed by atoms with van der Waals surface area (Å²) in [6, 6.07) is 10.0. The van der Waals surface area contributed by atoms with E-state index in [2.05, 4.69) is 37.3 Å². The highest BCUT2D eigenvalue weighted by Crippen LogP contribution is 2.46. The van der Waals surface area contributed by atoms with E-state index in [1.165, 1.54) is 0 Å². The number of nitriles is 1. The number of aromatic amines is 1. The molecule has 3 heterocycles. The van der Waals surface area contributed by atoms with Gasteiger partial charge in [0, 0.05) is 24.3 Å². The van der Waals surface area contributed by atoms with Crippen LogP contribution >= 0.6 is 11.3 Å². The van der Waals surface area contributed by atoms with Gasteiger partial charge in [-0.15, -0.1) is 11.3 Å². The predicted octanol–water partition coefficient (Wildman–Crippen LogP) is 1.30. The first kappa shape index (κ1) is 20.3. The van der Waals surface area contributed by atoms with Gasteiger partial charge in [-0.1, -0.05) is 12.1 Å². The number of hydrazine groups is 1. The zero-order chi connectivity index (χ0) is 20.6. The minimum Gasteiger partial charge on any atom is -0.378 e. The molecule has 2 aromatic heterocycles. The van der Waals surface area contributed by atoms with Crippen LogP contribution in [0.15, 0.2) is 30.6 Å². The number of nitrogen functional groups attached to an aromatic ring is 1. The number of primary amides is 1. The summed E-state index contributed by atoms with van der Waals surface area (Å²) in [5.41, 5.74) is 10.0. The maximum atomic E-state index is 9.92. The maximum Gasteiger partial charge on any atom is 0.204 e. The molecule has 1 aromatic carbocycles. The molecule has 0 radical (unpaired) electrons. The number of ether oxygens (including phenoxy) is 1. The lowest BCUT2D eigenvalue weighted by atomic mass is 10.0. The lowest BCUT2D eigenvalue weighted by Crippen LogP contribution is -2.36. The molecule has 1 saturated heterocycles. The summed E-state index contributed by atoms with van der Waals surface area (Å²) >= 11 is 1.54. The number of nitrogens with two attached hydrogens (primary N) is 2. The number of morpholine rings is 1. The van der Waals surface area contributed by atoms with Crippen LogP contribution in [-0.4, -0.2) is 47.9 Å². The summed E-state index contributed by atoms with van der Waals surface area (Å²) in [6.07, 6.45) is 1.79. The molecule has 1 fully saturated rings. The second kappa shape index (κ2) is 9.65. The Kier molecular flexibility index (Phi) is 6.75. The van der Waals surface area contributed by atoms with Crippen LogP contribution in [0.5, 0.6) is 0 Å². The van der Waals surface area contributed by atoms with Gasteiger partial charge < -0.3 is 20.8 Å². The lowest BCUT2D eigenvalue weighted by molar-refractivity contribution is -0.106. The van der Waals surface area contributed by atoms with Crippen LogP contribution in [0.1, 0.15) is 5.56 Å². The zero-order valence-electron chi connectivity index (χ0n) is 15.5. The molecule has 0 unspecified atom stereocenters. The average Bonchev–Trinajstić information content (AvgIpc) is 3.42. The van der Waals surface area contributed by atoms with Crippen molar-refractivity contribution in [3.63, 3.8) is 0 Å². The number of hydrogen-bond donors (Lipinski definition) is 4. The third-order valence-electron chi connectivity index (χ3n) is 4.26. The fraction of sp³-hybridized carbons (Fsp3) is 0.222. The monoisotopic (exact) mass is 412 g/mol. The number of carbonyl (C=O) groups is 1. The number of amides is 1. The third-order valence-corrected chi connectivity index (χ3v) is 5.50. The van der Waals surface area contributed by atoms with E-state index in [0.29, 0.717) is 24.6 Å². The fourth-order valence-corrected chi connectivity index (χ4v) is 4.26. The van der Waals surface area contributed by atoms with Crippen molar-refractivity contribution < 1.29 is 9.53 Å². The number of rotatable bonds is 4. The van der Waals surface area contributed by atoms with E-state index in [4.69, 9.17) is 15.4 Å². The smallest absolute Gasteiger partial charge is 0.204 e. The van der Waals surface area contributed by atoms with Crippen molar-refractivity contribution in [3.8, 4) is 27.9 Å². The van der Waals surface area contributed by atoms with Gasteiger partial charge in [-0.05, 0) is 17.7 Å². The molecule has 1 aliphatic heterocycles. The molecule has 150 valence electrons. The molecule has 6 N–H and O–H groups in total. The second-order valence-corrected chi connectivity index (χ2v) is 6.88. The highest BCUT2D eigenvalue weighted by molar-refractivity contribution is 7.20. The summed E-state index contributed by atoms with van der Waals surface area (Å²) < 4.78 is 5.45. The Bertz CT molecular complexity index is 973. The van der Waals surface area contributed by atoms with E-state index in [9.17, 15) is 5.26 Å². The standard InChI is InChI=1S/C17H17N7OS.CH3NO/c18-9-13-14(11-1-3-12(22-19)4-2-11)15(16-20-10-21-23-16)26-17(13)24-5-7-25-8-6-24;2-1-3/h1-4,10,22H,5-8,19H2,(H,20,21,23);1H,(H2,2,3). The van der Waals surface area contributed by atoms with E-state index in [-0.39, 0.29) is 6.41 Å². The Morgan fingerprint density at radius 1 is 1.31 bits per heavy atom. The maximum absolute atomic E-state index is 9.92. The van der Waals surface area contributed by atoms with Crippen LogP contribution in [0.4, 0.5) is 10.7 Å². The van der Waals surface area contributed by atoms with Gasteiger partial charge in [0.05, 0.1) is 23.7 Å². The normalized spacial score (nSPS) is 13.2. The minimum atomic E-state index is 0.250. The van der Waals surface area contributed by atoms with Crippen LogP contribution in [0.25, 0.3) is 21.8 Å². The van der Waals surface area contributed by atoms with E-state index in [0.717, 1.165) is 39.8 Å². The highest BCUT2D eigenvalue weighted by Gasteiger charge is 2.26. The molecule has 1 amide bonds. The van der Waals surface area contributed by atoms with Crippen LogP contribution in [-0.2, 0) is 9.53 Å². The SMILES string of the molecule is N#Cc1c(N2CCOCC2)sc(-c2nc[nH]n2)c1-c1ccc(NN)cc1.NC=O. The summed E-state index contributed by atoms with van der Waals surface area (Å²) in [5.74, 6) is 6.05. The zero-order valence-corrected chi connectivity index (χ0v) is 16.3. The topological polar surface area (TPSA) is 159 Å². The fourth-order valence-electron chi connectivity index (χ4n) is 3.00. The van der Waals surface area contributed by atoms with Crippen LogP contribution in [0.3, 0.4) is 0 Å². The molecule has 1 aliphatic rings. The predicted molar refractivity (Wildman–Crippen MR) is 111 cm³/mol. The first-order valence-electron chi connectivity index (χ1n) is 8.71. The van der Waals surface area contributed by atoms with Crippen LogP contribution in [0.2, 0.25) is 0 Å². The van der Waals surface area contributed by atoms with Crippen molar-refractivity contribution in [2.45, 2.75) is 0 Å². The van der Waals surface area contributed by atoms with E-state index in [1.807, 2.05) is 24.3 Å². The average molecular weight is 412 g/mol. The first-order valence-corrected chi connectivity index (χ1v) is 9.53. The van der Waals surface area contributed by atoms with Crippen molar-refractivity contribution in [2.24, 2.45) is 11.6 Å². The second-order valence-electron chi connectivity index (χ2n) is 5.88. The molecule has 0 aliphatic carbocycles. The number of hydrogen-bond acceptors (Lipinski definition) is 9. The van der Waals surface area contributed by atoms with Gasteiger partial charge in [-0.25, -0.2) is 4.98 Å². The Hall–Kier alpha value is -3.46. The number of H-pyrrole nitrogens is 1. The Morgan fingerprint density at radius 3 is 2.55 bits per heavy atom. The summed E-state index contributed by atoms with van der Waals surface area (Å²) in [7, 11) is 0. The molecular weight excluding hydrogens is 392 g/mol. The Balaban J connectivity index is 0.000000755. The van der Waals surface area contributed by atoms with Gasteiger partial charge in [0.25, 0.3) is 0 Å². The van der Waals surface area contributed by atoms with Gasteiger partial charge in [0.2, 0.25) is 6.41 Å². The van der Waals surface area contributed by atoms with Gasteiger partial charge >= 0.3 is 0 Å². The quantitative estimate of drug-likeness (QED) is 0.283. The van der Waals surface area contributed by atoms with Crippen molar-refractivity contribution in [1.82, 2.24) is 15.2 Å². The van der Waals surface area contributed by atoms with Crippen molar-refractivity contribution in [3.05, 3.63) is 36.2 Å². The van der Waals surface area contributed by atoms with Crippen LogP contribution in [0, 0.1) is 11.3 Å². The minimum absolute atomic E-state index is 0.250. The Morgan fingerprint density at radius 2 is 2.00 bits per heavy atom. The van der Waals surface area contributed by atoms with E-state index in [1.54, 1.807) is 17.7 Å². The number of nitrogens with one attached hydrogen (secondary N) is 2. The van der Waals surface area contributed by atoms with E-state index < -0.39 is 0 Å². The molecule has 11 heteroatoms. The van der Waals surface area contributed by atoms with Crippen molar-refractivity contribution in [1.29, 1.82) is 5.26 Å². The molecule has 29 heavy (non-hydrogen) atoms. The summed E-state index contributed by atoms with van der Waals surface area (Å²) in [5, 5.41) is 17.8. The van der Waals surface area contributed by atoms with Crippen LogP contribution < -0.4 is 21.9 Å².